The zero-order valence-corrected chi connectivity index (χ0v) is 52.9. The summed E-state index contributed by atoms with van der Waals surface area (Å²) < 4.78 is 18.2. The second-order valence-corrected chi connectivity index (χ2v) is 24.0. The largest absolute Gasteiger partial charge is 0.497 e. The second kappa shape index (κ2) is 34.2. The lowest BCUT2D eigenvalue weighted by molar-refractivity contribution is -0.144. The first-order chi connectivity index (χ1) is 44.0. The molecule has 92 heavy (non-hydrogen) atoms. The molecule has 0 aliphatic carbocycles. The Morgan fingerprint density at radius 3 is 2.21 bits per heavy atom. The Balaban J connectivity index is 1.06. The molecule has 0 spiro atoms. The molecule has 12 amide bonds. The van der Waals surface area contributed by atoms with Crippen LogP contribution in [0.2, 0.25) is 0 Å². The summed E-state index contributed by atoms with van der Waals surface area (Å²) in [5.74, 6) is -10.2. The monoisotopic (exact) mass is 1310 g/mol. The van der Waals surface area contributed by atoms with Crippen LogP contribution >= 0.6 is 11.8 Å². The molecule has 1 aromatic carbocycles. The van der Waals surface area contributed by atoms with E-state index in [2.05, 4.69) is 63.1 Å². The molecule has 502 valence electrons. The first kappa shape index (κ1) is 70.9. The number of carbonyl (C=O) groups excluding carboxylic acids is 12. The molecule has 2 bridgehead atoms. The van der Waals surface area contributed by atoms with E-state index in [0.29, 0.717) is 78.1 Å². The lowest BCUT2D eigenvalue weighted by Crippen LogP contribution is -2.61. The summed E-state index contributed by atoms with van der Waals surface area (Å²) in [6.45, 7) is 6.08. The molecule has 1 fully saturated rings. The average Bonchev–Trinajstić information content (AvgIpc) is 1.87. The quantitative estimate of drug-likeness (QED) is 0.0305. The number of H-pyrrole nitrogens is 1. The molecule has 0 radical (unpaired) electrons. The fourth-order valence-corrected chi connectivity index (χ4v) is 11.7. The van der Waals surface area contributed by atoms with Crippen LogP contribution in [0.3, 0.4) is 0 Å². The highest BCUT2D eigenvalue weighted by Crippen LogP contribution is 2.34. The van der Waals surface area contributed by atoms with Gasteiger partial charge in [-0.1, -0.05) is 38.8 Å². The Morgan fingerprint density at radius 1 is 0.772 bits per heavy atom. The summed E-state index contributed by atoms with van der Waals surface area (Å²) in [6.07, 6.45) is 2.62. The van der Waals surface area contributed by atoms with Crippen molar-refractivity contribution in [2.24, 2.45) is 11.8 Å². The molecule has 4 aliphatic rings. The molecule has 33 heteroatoms. The van der Waals surface area contributed by atoms with E-state index < -0.39 is 140 Å². The third kappa shape index (κ3) is 20.0. The minimum Gasteiger partial charge on any atom is -0.497 e. The lowest BCUT2D eigenvalue weighted by atomic mass is 9.94. The van der Waals surface area contributed by atoms with Gasteiger partial charge in [0.1, 0.15) is 47.7 Å². The summed E-state index contributed by atoms with van der Waals surface area (Å²) >= 11 is 1.01. The van der Waals surface area contributed by atoms with Gasteiger partial charge in [0.2, 0.25) is 59.1 Å². The van der Waals surface area contributed by atoms with Crippen molar-refractivity contribution in [3.05, 3.63) is 47.8 Å². The SMILES string of the molecule is CC[C@H](C)[C@H]1NC(=O)CNC(=O)[C@@H]2Cc3c([nH]c4cc(OC)ccc34)SC[C@H](NC(=O)CNC1=O)C(=O)N[C@@H](CC(=O)NCc1cn(CCOCCOCCNC(=O)CCCCCN3C(=O)C=CC3=O)nn1)C(=O)N1C[C@H](O)CC1C(=O)N[C@@H]([C@@H](C)[C@H](C)O)C(=O)N2. The summed E-state index contributed by atoms with van der Waals surface area (Å²) in [4.78, 5) is 170. The number of fused-ring (bicyclic) bond motifs is 5. The van der Waals surface area contributed by atoms with Crippen molar-refractivity contribution in [3.8, 4) is 5.75 Å². The third-order valence-electron chi connectivity index (χ3n) is 16.2. The number of carbonyl (C=O) groups is 12. The number of aromatic amines is 1. The van der Waals surface area contributed by atoms with Gasteiger partial charge in [-0.2, -0.15) is 0 Å². The van der Waals surface area contributed by atoms with E-state index in [-0.39, 0.29) is 75.8 Å². The van der Waals surface area contributed by atoms with E-state index in [4.69, 9.17) is 14.2 Å². The van der Waals surface area contributed by atoms with Crippen LogP contribution in [-0.2, 0) is 86.5 Å². The minimum atomic E-state index is -1.79. The summed E-state index contributed by atoms with van der Waals surface area (Å²) in [6, 6.07) is -4.17. The Labute approximate surface area is 534 Å². The first-order valence-electron chi connectivity index (χ1n) is 30.7. The number of ether oxygens (including phenoxy) is 3. The van der Waals surface area contributed by atoms with E-state index in [1.165, 1.54) is 42.7 Å². The second-order valence-electron chi connectivity index (χ2n) is 23.0. The standard InChI is InChI=1S/C59H83N15O17S/c1-6-32(2)51-56(86)63-27-47(79)64-43-31-92-58-39(38-12-11-37(89-5)23-40(38)67-58)24-41(53(83)62-28-48(80)68-51)65-57(87)52(33(3)34(4)75)69-55(85)44-22-36(76)30-74(44)59(88)42(66-54(43)84)25-46(78)61-26-35-29-72(71-70-35)17-19-91-21-20-90-18-15-60-45(77)10-8-7-9-16-73-49(81)13-14-50(73)82/h11-14,23,29,32-34,36,41-44,51-52,67,75-76H,6-10,15-22,24-28,30-31H2,1-5H3,(H,60,77)(H,61,78)(H,62,83)(H,63,86)(H,64,79)(H,65,87)(H,66,84)(H,68,80)(H,69,85)/t32-,33-,34-,36+,41-,42-,43-,44?,51+,52-/m0/s1. The molecule has 6 heterocycles. The van der Waals surface area contributed by atoms with E-state index >= 15 is 0 Å². The number of benzene rings is 1. The number of hydrogen-bond acceptors (Lipinski definition) is 20. The zero-order valence-electron chi connectivity index (χ0n) is 52.0. The normalized spacial score (nSPS) is 23.3. The van der Waals surface area contributed by atoms with Crippen molar-refractivity contribution in [3.63, 3.8) is 0 Å². The zero-order chi connectivity index (χ0) is 66.6. The molecule has 2 aromatic heterocycles. The highest BCUT2D eigenvalue weighted by molar-refractivity contribution is 7.99. The van der Waals surface area contributed by atoms with Crippen molar-refractivity contribution in [2.75, 3.05) is 72.0 Å². The van der Waals surface area contributed by atoms with Crippen LogP contribution in [0.15, 0.2) is 41.6 Å². The molecule has 3 aromatic rings. The van der Waals surface area contributed by atoms with Gasteiger partial charge in [0.15, 0.2) is 0 Å². The van der Waals surface area contributed by atoms with Gasteiger partial charge in [0, 0.05) is 74.2 Å². The number of amides is 12. The van der Waals surface area contributed by atoms with Crippen molar-refractivity contribution in [2.45, 2.75) is 146 Å². The van der Waals surface area contributed by atoms with Gasteiger partial charge in [-0.05, 0) is 43.4 Å². The molecule has 10 atom stereocenters. The van der Waals surface area contributed by atoms with Crippen molar-refractivity contribution in [1.82, 2.24) is 77.6 Å². The number of aromatic nitrogens is 4. The van der Waals surface area contributed by atoms with Gasteiger partial charge in [-0.25, -0.2) is 4.68 Å². The highest BCUT2D eigenvalue weighted by atomic mass is 32.2. The van der Waals surface area contributed by atoms with Gasteiger partial charge in [0.25, 0.3) is 11.8 Å². The fraction of sp³-hybridized carbons (Fsp3) is 0.593. The smallest absolute Gasteiger partial charge is 0.253 e. The van der Waals surface area contributed by atoms with E-state index in [0.717, 1.165) is 16.7 Å². The molecule has 4 aliphatic heterocycles. The Morgan fingerprint density at radius 2 is 1.49 bits per heavy atom. The van der Waals surface area contributed by atoms with Crippen LogP contribution in [0.5, 0.6) is 5.75 Å². The van der Waals surface area contributed by atoms with Crippen LogP contribution in [0.4, 0.5) is 0 Å². The Hall–Kier alpha value is -8.53. The fourth-order valence-electron chi connectivity index (χ4n) is 10.6. The minimum absolute atomic E-state index is 0.141. The number of rotatable bonds is 24. The molecular weight excluding hydrogens is 1220 g/mol. The number of hydrogen-bond donors (Lipinski definition) is 12. The molecular formula is C59H83N15O17S. The van der Waals surface area contributed by atoms with Gasteiger partial charge in [0.05, 0.1) is 95.1 Å². The summed E-state index contributed by atoms with van der Waals surface area (Å²) in [5, 5.41) is 54.8. The first-order valence-corrected chi connectivity index (χ1v) is 31.7. The van der Waals surface area contributed by atoms with Crippen molar-refractivity contribution < 1.29 is 82.0 Å². The molecule has 32 nitrogen and oxygen atoms in total. The number of aliphatic hydroxyl groups excluding tert-OH is 2. The van der Waals surface area contributed by atoms with E-state index in [9.17, 15) is 67.7 Å². The van der Waals surface area contributed by atoms with Crippen LogP contribution in [0, 0.1) is 11.8 Å². The summed E-state index contributed by atoms with van der Waals surface area (Å²) in [7, 11) is 1.46. The predicted octanol–water partition coefficient (Wildman–Crippen LogP) is -3.55. The predicted molar refractivity (Wildman–Crippen MR) is 327 cm³/mol. The van der Waals surface area contributed by atoms with Crippen LogP contribution in [0.25, 0.3) is 10.9 Å². The summed E-state index contributed by atoms with van der Waals surface area (Å²) in [5.41, 5.74) is 1.20. The number of unbranched alkanes of at least 4 members (excludes halogenated alkanes) is 2. The van der Waals surface area contributed by atoms with Crippen LogP contribution in [-0.4, -0.2) is 231 Å². The van der Waals surface area contributed by atoms with Crippen LogP contribution < -0.4 is 52.6 Å². The third-order valence-corrected chi connectivity index (χ3v) is 17.3. The average molecular weight is 1310 g/mol. The Bertz CT molecular complexity index is 3190. The number of imide groups is 1. The van der Waals surface area contributed by atoms with E-state index in [1.54, 1.807) is 38.2 Å². The van der Waals surface area contributed by atoms with Gasteiger partial charge in [-0.3, -0.25) is 62.4 Å². The topological polar surface area (TPSA) is 434 Å². The molecule has 7 rings (SSSR count). The highest BCUT2D eigenvalue weighted by Gasteiger charge is 2.45. The van der Waals surface area contributed by atoms with Gasteiger partial charge >= 0.3 is 0 Å². The molecule has 12 N–H and O–H groups in total. The number of thioether (sulfide) groups is 1. The molecule has 1 unspecified atom stereocenters. The lowest BCUT2D eigenvalue weighted by Gasteiger charge is -2.32. The maximum atomic E-state index is 15.0. The Kier molecular flexibility index (Phi) is 26.4. The number of methoxy groups -OCH3 is 1. The van der Waals surface area contributed by atoms with Crippen molar-refractivity contribution in [1.29, 1.82) is 0 Å². The van der Waals surface area contributed by atoms with Gasteiger partial charge in [-0.15, -0.1) is 16.9 Å². The number of nitrogens with one attached hydrogen (secondary N) is 10. The van der Waals surface area contributed by atoms with Crippen molar-refractivity contribution >= 4 is 93.6 Å². The van der Waals surface area contributed by atoms with E-state index in [1.807, 2.05) is 0 Å². The number of aliphatic hydroxyl groups is 2. The molecule has 1 saturated heterocycles. The molecule has 0 saturated carbocycles. The number of nitrogens with zero attached hydrogens (tertiary/aromatic N) is 5. The maximum Gasteiger partial charge on any atom is 0.253 e. The van der Waals surface area contributed by atoms with Gasteiger partial charge < -0.3 is 82.2 Å². The van der Waals surface area contributed by atoms with Crippen LogP contribution in [0.1, 0.15) is 83.9 Å². The maximum absolute atomic E-state index is 15.0.